The summed E-state index contributed by atoms with van der Waals surface area (Å²) in [5.74, 6) is -0.480. The smallest absolute Gasteiger partial charge is 0.304 e. The molecule has 1 amide bonds. The van der Waals surface area contributed by atoms with Gasteiger partial charge in [-0.15, -0.1) is 0 Å². The molecular formula is C16H18N4O3. The average Bonchev–Trinajstić information content (AvgIpc) is 2.96. The number of primary amides is 1. The molecule has 0 saturated heterocycles. The van der Waals surface area contributed by atoms with E-state index in [1.807, 2.05) is 12.1 Å². The summed E-state index contributed by atoms with van der Waals surface area (Å²) in [5.41, 5.74) is 8.63. The molecule has 1 aliphatic rings. The molecule has 7 heteroatoms. The summed E-state index contributed by atoms with van der Waals surface area (Å²) in [6.07, 6.45) is 0.940. The molecule has 0 bridgehead atoms. The van der Waals surface area contributed by atoms with Crippen molar-refractivity contribution < 1.29 is 14.7 Å². The van der Waals surface area contributed by atoms with Crippen LogP contribution in [0.1, 0.15) is 28.2 Å². The van der Waals surface area contributed by atoms with Gasteiger partial charge in [-0.25, -0.2) is 4.98 Å². The van der Waals surface area contributed by atoms with Crippen molar-refractivity contribution in [1.82, 2.24) is 14.9 Å². The number of nitrogens with zero attached hydrogens (tertiary/aromatic N) is 2. The highest BCUT2D eigenvalue weighted by atomic mass is 16.4. The Morgan fingerprint density at radius 2 is 2.04 bits per heavy atom. The maximum absolute atomic E-state index is 11.1. The van der Waals surface area contributed by atoms with Gasteiger partial charge in [0, 0.05) is 37.2 Å². The second-order valence-corrected chi connectivity index (χ2v) is 5.62. The molecule has 120 valence electrons. The lowest BCUT2D eigenvalue weighted by molar-refractivity contribution is -0.137. The summed E-state index contributed by atoms with van der Waals surface area (Å²) in [5, 5.41) is 8.77. The first-order valence-corrected chi connectivity index (χ1v) is 7.45. The summed E-state index contributed by atoms with van der Waals surface area (Å²) < 4.78 is 0. The van der Waals surface area contributed by atoms with E-state index in [-0.39, 0.29) is 6.42 Å². The highest BCUT2D eigenvalue weighted by Gasteiger charge is 2.21. The van der Waals surface area contributed by atoms with Gasteiger partial charge in [-0.3, -0.25) is 14.5 Å². The van der Waals surface area contributed by atoms with E-state index in [4.69, 9.17) is 10.8 Å². The fraction of sp³-hybridized carbons (Fsp3) is 0.312. The monoisotopic (exact) mass is 314 g/mol. The summed E-state index contributed by atoms with van der Waals surface area (Å²) in [6.45, 7) is 2.02. The van der Waals surface area contributed by atoms with Crippen LogP contribution in [-0.4, -0.2) is 44.9 Å². The molecule has 1 aliphatic heterocycles. The number of aromatic nitrogens is 2. The zero-order chi connectivity index (χ0) is 16.4. The molecule has 3 rings (SSSR count). The number of hydrogen-bond acceptors (Lipinski definition) is 4. The first-order valence-electron chi connectivity index (χ1n) is 7.45. The topological polar surface area (TPSA) is 112 Å². The van der Waals surface area contributed by atoms with Crippen LogP contribution in [0.15, 0.2) is 24.3 Å². The minimum Gasteiger partial charge on any atom is -0.481 e. The number of H-pyrrole nitrogens is 1. The van der Waals surface area contributed by atoms with Crippen LogP contribution in [0.25, 0.3) is 11.4 Å². The van der Waals surface area contributed by atoms with Gasteiger partial charge in [0.2, 0.25) is 5.91 Å². The number of nitrogens with one attached hydrogen (secondary N) is 1. The number of carboxylic acids is 1. The lowest BCUT2D eigenvalue weighted by atomic mass is 10.1. The Hall–Kier alpha value is -2.67. The number of amides is 1. The summed E-state index contributed by atoms with van der Waals surface area (Å²) in [4.78, 5) is 31.8. The zero-order valence-electron chi connectivity index (χ0n) is 12.6. The second-order valence-electron chi connectivity index (χ2n) is 5.62. The van der Waals surface area contributed by atoms with Gasteiger partial charge in [0.15, 0.2) is 0 Å². The van der Waals surface area contributed by atoms with Gasteiger partial charge in [0.05, 0.1) is 17.8 Å². The number of aromatic amines is 1. The summed E-state index contributed by atoms with van der Waals surface area (Å²) >= 11 is 0. The highest BCUT2D eigenvalue weighted by Crippen LogP contribution is 2.23. The minimum atomic E-state index is -0.782. The van der Waals surface area contributed by atoms with Crippen LogP contribution in [0.3, 0.4) is 0 Å². The van der Waals surface area contributed by atoms with Gasteiger partial charge in [-0.1, -0.05) is 12.1 Å². The molecule has 0 spiro atoms. The molecule has 2 heterocycles. The molecule has 1 aromatic heterocycles. The van der Waals surface area contributed by atoms with Crippen LogP contribution in [0.2, 0.25) is 0 Å². The van der Waals surface area contributed by atoms with Gasteiger partial charge >= 0.3 is 5.97 Å². The lowest BCUT2D eigenvalue weighted by Gasteiger charge is -2.25. The Labute approximate surface area is 133 Å². The van der Waals surface area contributed by atoms with Gasteiger partial charge in [0.1, 0.15) is 5.82 Å². The Balaban J connectivity index is 1.75. The number of carboxylic acid groups (broad SMARTS) is 1. The molecule has 0 radical (unpaired) electrons. The van der Waals surface area contributed by atoms with Gasteiger partial charge < -0.3 is 15.8 Å². The van der Waals surface area contributed by atoms with E-state index in [9.17, 15) is 9.59 Å². The van der Waals surface area contributed by atoms with Crippen LogP contribution in [0.4, 0.5) is 0 Å². The van der Waals surface area contributed by atoms with Gasteiger partial charge in [-0.05, 0) is 12.1 Å². The minimum absolute atomic E-state index is 0.144. The van der Waals surface area contributed by atoms with E-state index in [0.29, 0.717) is 18.7 Å². The predicted octanol–water partition coefficient (Wildman–Crippen LogP) is 1.01. The molecule has 2 aromatic rings. The van der Waals surface area contributed by atoms with E-state index >= 15 is 0 Å². The van der Waals surface area contributed by atoms with Crippen molar-refractivity contribution in [2.45, 2.75) is 19.4 Å². The predicted molar refractivity (Wildman–Crippen MR) is 83.8 cm³/mol. The fourth-order valence-corrected chi connectivity index (χ4v) is 2.72. The highest BCUT2D eigenvalue weighted by molar-refractivity contribution is 5.93. The second kappa shape index (κ2) is 6.21. The molecule has 0 unspecified atom stereocenters. The lowest BCUT2D eigenvalue weighted by Crippen LogP contribution is -2.32. The van der Waals surface area contributed by atoms with Crippen LogP contribution in [0.5, 0.6) is 0 Å². The van der Waals surface area contributed by atoms with Crippen molar-refractivity contribution in [2.75, 3.05) is 13.1 Å². The quantitative estimate of drug-likeness (QED) is 0.762. The maximum Gasteiger partial charge on any atom is 0.304 e. The van der Waals surface area contributed by atoms with E-state index in [0.717, 1.165) is 35.7 Å². The molecule has 0 atom stereocenters. The third-order valence-corrected chi connectivity index (χ3v) is 4.00. The Bertz CT molecular complexity index is 736. The fourth-order valence-electron chi connectivity index (χ4n) is 2.72. The number of hydrogen-bond donors (Lipinski definition) is 3. The van der Waals surface area contributed by atoms with Crippen LogP contribution >= 0.6 is 0 Å². The third kappa shape index (κ3) is 3.40. The van der Waals surface area contributed by atoms with Crippen LogP contribution in [-0.2, 0) is 17.8 Å². The number of carbonyl (C=O) groups is 2. The van der Waals surface area contributed by atoms with E-state index < -0.39 is 11.9 Å². The summed E-state index contributed by atoms with van der Waals surface area (Å²) in [6, 6.07) is 6.98. The standard InChI is InChI=1S/C16H18N4O3/c17-15(23)10-1-3-11(4-2-10)16-18-12-5-7-20(8-6-14(21)22)9-13(12)19-16/h1-4H,5-9H2,(H2,17,23)(H,18,19)(H,21,22). The maximum atomic E-state index is 11.1. The van der Waals surface area contributed by atoms with Crippen LogP contribution < -0.4 is 5.73 Å². The number of benzene rings is 1. The van der Waals surface area contributed by atoms with E-state index in [2.05, 4.69) is 14.9 Å². The summed E-state index contributed by atoms with van der Waals surface area (Å²) in [7, 11) is 0. The Morgan fingerprint density at radius 3 is 2.70 bits per heavy atom. The number of carbonyl (C=O) groups excluding carboxylic acids is 1. The van der Waals surface area contributed by atoms with Crippen molar-refractivity contribution in [3.8, 4) is 11.4 Å². The molecule has 0 fully saturated rings. The average molecular weight is 314 g/mol. The number of rotatable bonds is 5. The van der Waals surface area contributed by atoms with Crippen molar-refractivity contribution >= 4 is 11.9 Å². The first-order chi connectivity index (χ1) is 11.0. The zero-order valence-corrected chi connectivity index (χ0v) is 12.6. The molecule has 0 aliphatic carbocycles. The van der Waals surface area contributed by atoms with E-state index in [1.54, 1.807) is 12.1 Å². The normalized spacial score (nSPS) is 14.4. The van der Waals surface area contributed by atoms with Gasteiger partial charge in [0.25, 0.3) is 0 Å². The van der Waals surface area contributed by atoms with Crippen molar-refractivity contribution in [1.29, 1.82) is 0 Å². The molecule has 7 nitrogen and oxygen atoms in total. The Morgan fingerprint density at radius 1 is 1.30 bits per heavy atom. The number of imidazole rings is 1. The number of fused-ring (bicyclic) bond motifs is 1. The number of nitrogens with two attached hydrogens (primary N) is 1. The largest absolute Gasteiger partial charge is 0.481 e. The van der Waals surface area contributed by atoms with Crippen molar-refractivity contribution in [3.05, 3.63) is 41.2 Å². The van der Waals surface area contributed by atoms with Crippen molar-refractivity contribution in [2.24, 2.45) is 5.73 Å². The molecule has 1 aromatic carbocycles. The molecule has 23 heavy (non-hydrogen) atoms. The SMILES string of the molecule is NC(=O)c1ccc(-c2nc3c([nH]2)CN(CCC(=O)O)CC3)cc1. The molecular weight excluding hydrogens is 296 g/mol. The first kappa shape index (κ1) is 15.2. The van der Waals surface area contributed by atoms with Crippen molar-refractivity contribution in [3.63, 3.8) is 0 Å². The number of aliphatic carboxylic acids is 1. The molecule has 4 N–H and O–H groups in total. The van der Waals surface area contributed by atoms with Crippen LogP contribution in [0, 0.1) is 0 Å². The molecule has 0 saturated carbocycles. The third-order valence-electron chi connectivity index (χ3n) is 4.00. The Kier molecular flexibility index (Phi) is 4.12. The van der Waals surface area contributed by atoms with E-state index in [1.165, 1.54) is 0 Å². The van der Waals surface area contributed by atoms with Gasteiger partial charge in [-0.2, -0.15) is 0 Å².